The van der Waals surface area contributed by atoms with Gasteiger partial charge in [0.25, 0.3) is 0 Å². The van der Waals surface area contributed by atoms with Gasteiger partial charge in [0.2, 0.25) is 11.8 Å². The Labute approximate surface area is 128 Å². The van der Waals surface area contributed by atoms with Gasteiger partial charge < -0.3 is 14.6 Å². The molecule has 6 heteroatoms. The predicted molar refractivity (Wildman–Crippen MR) is 79.4 cm³/mol. The molecule has 1 N–H and O–H groups in total. The fourth-order valence-electron chi connectivity index (χ4n) is 2.38. The molecule has 0 saturated carbocycles. The van der Waals surface area contributed by atoms with Crippen molar-refractivity contribution in [3.8, 4) is 5.75 Å². The number of hydrogen-bond acceptors (Lipinski definition) is 5. The van der Waals surface area contributed by atoms with Crippen molar-refractivity contribution in [1.82, 2.24) is 15.5 Å². The molecule has 3 rings (SSSR count). The standard InChI is InChI=1S/C16H19N3O3/c1-10(2)15-18-14(22-19-15)8-17-16(20)12-7-11-5-3-4-6-13(11)21-9-12/h3-6,10,12H,7-9H2,1-2H3,(H,17,20)/t12-/m0/s1. The zero-order valence-corrected chi connectivity index (χ0v) is 12.7. The fraction of sp³-hybridized carbons (Fsp3) is 0.438. The van der Waals surface area contributed by atoms with E-state index in [1.54, 1.807) is 0 Å². The number of amides is 1. The van der Waals surface area contributed by atoms with Gasteiger partial charge in [-0.3, -0.25) is 4.79 Å². The second kappa shape index (κ2) is 6.17. The quantitative estimate of drug-likeness (QED) is 0.935. The summed E-state index contributed by atoms with van der Waals surface area (Å²) in [5.74, 6) is 1.90. The summed E-state index contributed by atoms with van der Waals surface area (Å²) in [4.78, 5) is 16.5. The van der Waals surface area contributed by atoms with Gasteiger partial charge in [-0.25, -0.2) is 0 Å². The topological polar surface area (TPSA) is 77.2 Å². The van der Waals surface area contributed by atoms with Crippen LogP contribution in [0.3, 0.4) is 0 Å². The van der Waals surface area contributed by atoms with Crippen LogP contribution in [0.25, 0.3) is 0 Å². The van der Waals surface area contributed by atoms with Crippen LogP contribution in [0.15, 0.2) is 28.8 Å². The minimum atomic E-state index is -0.192. The van der Waals surface area contributed by atoms with E-state index >= 15 is 0 Å². The van der Waals surface area contributed by atoms with Crippen molar-refractivity contribution in [2.24, 2.45) is 5.92 Å². The van der Waals surface area contributed by atoms with Gasteiger partial charge in [-0.15, -0.1) is 0 Å². The second-order valence-electron chi connectivity index (χ2n) is 5.74. The third-order valence-corrected chi connectivity index (χ3v) is 3.66. The highest BCUT2D eigenvalue weighted by Gasteiger charge is 2.25. The fourth-order valence-corrected chi connectivity index (χ4v) is 2.38. The molecule has 1 aromatic heterocycles. The maximum absolute atomic E-state index is 12.2. The first kappa shape index (κ1) is 14.6. The van der Waals surface area contributed by atoms with Gasteiger partial charge >= 0.3 is 0 Å². The summed E-state index contributed by atoms with van der Waals surface area (Å²) in [7, 11) is 0. The number of hydrogen-bond donors (Lipinski definition) is 1. The number of carbonyl (C=O) groups excluding carboxylic acids is 1. The molecule has 0 unspecified atom stereocenters. The number of benzene rings is 1. The van der Waals surface area contributed by atoms with Gasteiger partial charge in [-0.05, 0) is 18.1 Å². The first-order chi connectivity index (χ1) is 10.6. The molecule has 6 nitrogen and oxygen atoms in total. The first-order valence-corrected chi connectivity index (χ1v) is 7.44. The summed E-state index contributed by atoms with van der Waals surface area (Å²) in [5.41, 5.74) is 1.06. The minimum Gasteiger partial charge on any atom is -0.492 e. The highest BCUT2D eigenvalue weighted by atomic mass is 16.5. The highest BCUT2D eigenvalue weighted by molar-refractivity contribution is 5.79. The molecule has 0 fully saturated rings. The second-order valence-corrected chi connectivity index (χ2v) is 5.74. The third-order valence-electron chi connectivity index (χ3n) is 3.66. The minimum absolute atomic E-state index is 0.0567. The van der Waals surface area contributed by atoms with E-state index in [0.717, 1.165) is 11.3 Å². The Kier molecular flexibility index (Phi) is 4.09. The average molecular weight is 301 g/mol. The average Bonchev–Trinajstić information content (AvgIpc) is 3.01. The molecular formula is C16H19N3O3. The van der Waals surface area contributed by atoms with Crippen LogP contribution in [0.1, 0.15) is 37.0 Å². The largest absolute Gasteiger partial charge is 0.492 e. The van der Waals surface area contributed by atoms with Crippen molar-refractivity contribution < 1.29 is 14.1 Å². The molecule has 22 heavy (non-hydrogen) atoms. The van der Waals surface area contributed by atoms with E-state index in [2.05, 4.69) is 15.5 Å². The molecule has 0 saturated heterocycles. The number of rotatable bonds is 4. The Morgan fingerprint density at radius 2 is 2.23 bits per heavy atom. The Balaban J connectivity index is 1.56. The molecule has 1 aliphatic heterocycles. The maximum Gasteiger partial charge on any atom is 0.246 e. The number of nitrogens with one attached hydrogen (secondary N) is 1. The molecule has 0 bridgehead atoms. The molecular weight excluding hydrogens is 282 g/mol. The zero-order valence-electron chi connectivity index (χ0n) is 12.7. The Hall–Kier alpha value is -2.37. The van der Waals surface area contributed by atoms with Crippen LogP contribution >= 0.6 is 0 Å². The van der Waals surface area contributed by atoms with Crippen LogP contribution in [0, 0.1) is 5.92 Å². The summed E-state index contributed by atoms with van der Waals surface area (Å²) in [6, 6.07) is 7.80. The highest BCUT2D eigenvalue weighted by Crippen LogP contribution is 2.26. The molecule has 0 radical (unpaired) electrons. The normalized spacial score (nSPS) is 17.0. The Morgan fingerprint density at radius 3 is 3.00 bits per heavy atom. The summed E-state index contributed by atoms with van der Waals surface area (Å²) < 4.78 is 10.7. The Morgan fingerprint density at radius 1 is 1.41 bits per heavy atom. The van der Waals surface area contributed by atoms with Crippen molar-refractivity contribution in [1.29, 1.82) is 0 Å². The van der Waals surface area contributed by atoms with E-state index in [1.165, 1.54) is 0 Å². The lowest BCUT2D eigenvalue weighted by molar-refractivity contribution is -0.126. The van der Waals surface area contributed by atoms with Crippen LogP contribution in [0.4, 0.5) is 0 Å². The smallest absolute Gasteiger partial charge is 0.246 e. The molecule has 2 heterocycles. The summed E-state index contributed by atoms with van der Waals surface area (Å²) in [6.45, 7) is 4.62. The maximum atomic E-state index is 12.2. The predicted octanol–water partition coefficient (Wildman–Crippen LogP) is 2.06. The lowest BCUT2D eigenvalue weighted by Crippen LogP contribution is -2.37. The SMILES string of the molecule is CC(C)c1noc(CNC(=O)[C@@H]2COc3ccccc3C2)n1. The molecule has 2 aromatic rings. The summed E-state index contributed by atoms with van der Waals surface area (Å²) >= 11 is 0. The number of nitrogens with zero attached hydrogens (tertiary/aromatic N) is 2. The third kappa shape index (κ3) is 3.10. The summed E-state index contributed by atoms with van der Waals surface area (Å²) in [5, 5.41) is 6.71. The first-order valence-electron chi connectivity index (χ1n) is 7.44. The van der Waals surface area contributed by atoms with Gasteiger partial charge in [0.1, 0.15) is 12.4 Å². The monoisotopic (exact) mass is 301 g/mol. The molecule has 1 atom stereocenters. The van der Waals surface area contributed by atoms with Crippen LogP contribution in [0.2, 0.25) is 0 Å². The van der Waals surface area contributed by atoms with Gasteiger partial charge in [-0.1, -0.05) is 37.2 Å². The summed E-state index contributed by atoms with van der Waals surface area (Å²) in [6.07, 6.45) is 0.684. The number of fused-ring (bicyclic) bond motifs is 1. The van der Waals surface area contributed by atoms with E-state index in [9.17, 15) is 4.79 Å². The van der Waals surface area contributed by atoms with Gasteiger partial charge in [0, 0.05) is 5.92 Å². The molecule has 116 valence electrons. The molecule has 1 aromatic carbocycles. The van der Waals surface area contributed by atoms with Gasteiger partial charge in [-0.2, -0.15) is 4.98 Å². The van der Waals surface area contributed by atoms with Crippen LogP contribution < -0.4 is 10.1 Å². The number of aromatic nitrogens is 2. The lowest BCUT2D eigenvalue weighted by Gasteiger charge is -2.24. The number of ether oxygens (including phenoxy) is 1. The van der Waals surface area contributed by atoms with Crippen LogP contribution in [-0.4, -0.2) is 22.7 Å². The van der Waals surface area contributed by atoms with E-state index in [1.807, 2.05) is 38.1 Å². The number of carbonyl (C=O) groups is 1. The van der Waals surface area contributed by atoms with Gasteiger partial charge in [0.05, 0.1) is 12.5 Å². The van der Waals surface area contributed by atoms with E-state index < -0.39 is 0 Å². The van der Waals surface area contributed by atoms with E-state index in [0.29, 0.717) is 24.7 Å². The van der Waals surface area contributed by atoms with Crippen molar-refractivity contribution in [3.05, 3.63) is 41.5 Å². The van der Waals surface area contributed by atoms with E-state index in [-0.39, 0.29) is 24.3 Å². The van der Waals surface area contributed by atoms with Crippen molar-refractivity contribution >= 4 is 5.91 Å². The Bertz CT molecular complexity index is 666. The molecule has 0 spiro atoms. The van der Waals surface area contributed by atoms with Crippen LogP contribution in [-0.2, 0) is 17.8 Å². The van der Waals surface area contributed by atoms with Crippen molar-refractivity contribution in [3.63, 3.8) is 0 Å². The zero-order chi connectivity index (χ0) is 15.5. The molecule has 1 amide bonds. The van der Waals surface area contributed by atoms with Gasteiger partial charge in [0.15, 0.2) is 5.82 Å². The number of para-hydroxylation sites is 1. The van der Waals surface area contributed by atoms with Crippen LogP contribution in [0.5, 0.6) is 5.75 Å². The van der Waals surface area contributed by atoms with Crippen molar-refractivity contribution in [2.45, 2.75) is 32.7 Å². The van der Waals surface area contributed by atoms with E-state index in [4.69, 9.17) is 9.26 Å². The molecule has 1 aliphatic rings. The van der Waals surface area contributed by atoms with Crippen molar-refractivity contribution in [2.75, 3.05) is 6.61 Å². The molecule has 0 aliphatic carbocycles. The lowest BCUT2D eigenvalue weighted by atomic mass is 9.96.